The summed E-state index contributed by atoms with van der Waals surface area (Å²) in [7, 11) is 0. The van der Waals surface area contributed by atoms with E-state index in [1.807, 2.05) is 0 Å². The Hall–Kier alpha value is -1.18. The number of hydrogen-bond donors (Lipinski definition) is 1. The van der Waals surface area contributed by atoms with Gasteiger partial charge in [-0.05, 0) is 37.5 Å². The lowest BCUT2D eigenvalue weighted by Gasteiger charge is -2.32. The number of aryl methyl sites for hydroxylation is 1. The van der Waals surface area contributed by atoms with Crippen LogP contribution in [0.3, 0.4) is 0 Å². The molecule has 1 fully saturated rings. The van der Waals surface area contributed by atoms with Crippen molar-refractivity contribution < 1.29 is 0 Å². The van der Waals surface area contributed by atoms with Crippen LogP contribution in [0.2, 0.25) is 0 Å². The third-order valence-corrected chi connectivity index (χ3v) is 3.12. The van der Waals surface area contributed by atoms with Gasteiger partial charge in [-0.3, -0.25) is 0 Å². The van der Waals surface area contributed by atoms with Gasteiger partial charge in [-0.15, -0.1) is 0 Å². The molecule has 2 nitrogen and oxygen atoms in total. The predicted octanol–water partition coefficient (Wildman–Crippen LogP) is 2.39. The van der Waals surface area contributed by atoms with Gasteiger partial charge < -0.3 is 10.2 Å². The first kappa shape index (κ1) is 8.16. The molecule has 0 atom stereocenters. The average Bonchev–Trinajstić information content (AvgIpc) is 3.00. The minimum absolute atomic E-state index is 0.831. The van der Waals surface area contributed by atoms with Gasteiger partial charge in [0.15, 0.2) is 0 Å². The van der Waals surface area contributed by atoms with Crippen LogP contribution >= 0.6 is 0 Å². The first-order valence-electron chi connectivity index (χ1n) is 5.46. The molecule has 0 unspecified atom stereocenters. The molecule has 1 aromatic rings. The Kier molecular flexibility index (Phi) is 1.69. The van der Waals surface area contributed by atoms with E-state index >= 15 is 0 Å². The fourth-order valence-electron chi connectivity index (χ4n) is 2.23. The molecule has 1 aromatic carbocycles. The van der Waals surface area contributed by atoms with E-state index in [-0.39, 0.29) is 0 Å². The van der Waals surface area contributed by atoms with Crippen molar-refractivity contribution in [2.24, 2.45) is 0 Å². The second kappa shape index (κ2) is 2.91. The second-order valence-electron chi connectivity index (χ2n) is 4.37. The molecule has 74 valence electrons. The van der Waals surface area contributed by atoms with Crippen molar-refractivity contribution in [3.05, 3.63) is 23.8 Å². The number of anilines is 2. The van der Waals surface area contributed by atoms with Gasteiger partial charge in [0.05, 0.1) is 11.4 Å². The fraction of sp³-hybridized carbons (Fsp3) is 0.500. The van der Waals surface area contributed by atoms with Crippen molar-refractivity contribution in [1.82, 2.24) is 0 Å². The minimum Gasteiger partial charge on any atom is -0.382 e. The first-order valence-corrected chi connectivity index (χ1v) is 5.46. The quantitative estimate of drug-likeness (QED) is 0.728. The van der Waals surface area contributed by atoms with E-state index in [9.17, 15) is 0 Å². The maximum atomic E-state index is 3.46. The summed E-state index contributed by atoms with van der Waals surface area (Å²) in [5.41, 5.74) is 4.09. The third kappa shape index (κ3) is 1.26. The number of nitrogens with zero attached hydrogens (tertiary/aromatic N) is 1. The number of fused-ring (bicyclic) bond motifs is 1. The molecule has 0 bridgehead atoms. The lowest BCUT2D eigenvalue weighted by Crippen LogP contribution is -2.35. The molecule has 0 spiro atoms. The maximum absolute atomic E-state index is 3.46. The van der Waals surface area contributed by atoms with Crippen LogP contribution in [0, 0.1) is 6.92 Å². The molecule has 0 amide bonds. The molecule has 1 heterocycles. The van der Waals surface area contributed by atoms with Gasteiger partial charge in [-0.2, -0.15) is 0 Å². The van der Waals surface area contributed by atoms with Crippen molar-refractivity contribution in [1.29, 1.82) is 0 Å². The normalized spacial score (nSPS) is 20.2. The van der Waals surface area contributed by atoms with Crippen molar-refractivity contribution in [2.45, 2.75) is 25.8 Å². The lowest BCUT2D eigenvalue weighted by atomic mass is 10.1. The van der Waals surface area contributed by atoms with Crippen molar-refractivity contribution in [3.8, 4) is 0 Å². The highest BCUT2D eigenvalue weighted by atomic mass is 15.2. The summed E-state index contributed by atoms with van der Waals surface area (Å²) in [5.74, 6) is 0. The smallest absolute Gasteiger partial charge is 0.0607 e. The molecular formula is C12H16N2. The summed E-state index contributed by atoms with van der Waals surface area (Å²) in [6, 6.07) is 7.53. The zero-order valence-corrected chi connectivity index (χ0v) is 8.59. The Morgan fingerprint density at radius 1 is 1.36 bits per heavy atom. The number of nitrogens with one attached hydrogen (secondary N) is 1. The van der Waals surface area contributed by atoms with Crippen molar-refractivity contribution in [2.75, 3.05) is 23.3 Å². The summed E-state index contributed by atoms with van der Waals surface area (Å²) in [6.07, 6.45) is 2.76. The van der Waals surface area contributed by atoms with E-state index in [4.69, 9.17) is 0 Å². The van der Waals surface area contributed by atoms with E-state index in [1.165, 1.54) is 36.3 Å². The summed E-state index contributed by atoms with van der Waals surface area (Å²) in [6.45, 7) is 4.42. The van der Waals surface area contributed by atoms with Crippen LogP contribution in [0.1, 0.15) is 18.4 Å². The van der Waals surface area contributed by atoms with E-state index in [0.29, 0.717) is 0 Å². The maximum Gasteiger partial charge on any atom is 0.0607 e. The monoisotopic (exact) mass is 188 g/mol. The molecule has 14 heavy (non-hydrogen) atoms. The number of hydrogen-bond acceptors (Lipinski definition) is 2. The van der Waals surface area contributed by atoms with Crippen molar-refractivity contribution in [3.63, 3.8) is 0 Å². The average molecular weight is 188 g/mol. The van der Waals surface area contributed by atoms with E-state index in [2.05, 4.69) is 35.3 Å². The molecule has 0 aromatic heterocycles. The van der Waals surface area contributed by atoms with Gasteiger partial charge in [0, 0.05) is 19.1 Å². The van der Waals surface area contributed by atoms with Crippen LogP contribution in [-0.4, -0.2) is 19.1 Å². The molecule has 3 rings (SSSR count). The highest BCUT2D eigenvalue weighted by Crippen LogP contribution is 2.37. The first-order chi connectivity index (χ1) is 6.84. The zero-order valence-electron chi connectivity index (χ0n) is 8.59. The molecular weight excluding hydrogens is 172 g/mol. The van der Waals surface area contributed by atoms with Crippen LogP contribution in [0.25, 0.3) is 0 Å². The predicted molar refractivity (Wildman–Crippen MR) is 60.0 cm³/mol. The van der Waals surface area contributed by atoms with Gasteiger partial charge in [0.2, 0.25) is 0 Å². The van der Waals surface area contributed by atoms with Crippen LogP contribution in [-0.2, 0) is 0 Å². The topological polar surface area (TPSA) is 15.3 Å². The Labute approximate surface area is 84.9 Å². The SMILES string of the molecule is Cc1ccc2c(c1)N(C1CC1)CCN2. The molecule has 2 aliphatic rings. The molecule has 1 saturated carbocycles. The van der Waals surface area contributed by atoms with E-state index in [0.717, 1.165) is 12.6 Å². The minimum atomic E-state index is 0.831. The van der Waals surface area contributed by atoms with Gasteiger partial charge in [0.1, 0.15) is 0 Å². The van der Waals surface area contributed by atoms with E-state index in [1.54, 1.807) is 0 Å². The van der Waals surface area contributed by atoms with Gasteiger partial charge >= 0.3 is 0 Å². The van der Waals surface area contributed by atoms with Crippen LogP contribution in [0.15, 0.2) is 18.2 Å². The van der Waals surface area contributed by atoms with Crippen molar-refractivity contribution >= 4 is 11.4 Å². The second-order valence-corrected chi connectivity index (χ2v) is 4.37. The van der Waals surface area contributed by atoms with Gasteiger partial charge in [0.25, 0.3) is 0 Å². The summed E-state index contributed by atoms with van der Waals surface area (Å²) < 4.78 is 0. The number of rotatable bonds is 1. The molecule has 2 heteroatoms. The summed E-state index contributed by atoms with van der Waals surface area (Å²) >= 11 is 0. The lowest BCUT2D eigenvalue weighted by molar-refractivity contribution is 0.782. The van der Waals surface area contributed by atoms with Gasteiger partial charge in [-0.1, -0.05) is 6.07 Å². The highest BCUT2D eigenvalue weighted by molar-refractivity contribution is 5.73. The molecule has 1 N–H and O–H groups in total. The standard InChI is InChI=1S/C12H16N2/c1-9-2-5-11-12(8-9)14(7-6-13-11)10-3-4-10/h2,5,8,10,13H,3-4,6-7H2,1H3. The third-order valence-electron chi connectivity index (χ3n) is 3.12. The highest BCUT2D eigenvalue weighted by Gasteiger charge is 2.31. The van der Waals surface area contributed by atoms with Crippen LogP contribution in [0.4, 0.5) is 11.4 Å². The molecule has 0 saturated heterocycles. The molecule has 1 aliphatic carbocycles. The zero-order chi connectivity index (χ0) is 9.54. The largest absolute Gasteiger partial charge is 0.382 e. The van der Waals surface area contributed by atoms with E-state index < -0.39 is 0 Å². The summed E-state index contributed by atoms with van der Waals surface area (Å²) in [5, 5.41) is 3.46. The van der Waals surface area contributed by atoms with Crippen LogP contribution < -0.4 is 10.2 Å². The van der Waals surface area contributed by atoms with Gasteiger partial charge in [-0.25, -0.2) is 0 Å². The number of benzene rings is 1. The Morgan fingerprint density at radius 2 is 2.21 bits per heavy atom. The Balaban J connectivity index is 2.02. The molecule has 0 radical (unpaired) electrons. The van der Waals surface area contributed by atoms with Crippen LogP contribution in [0.5, 0.6) is 0 Å². The summed E-state index contributed by atoms with van der Waals surface area (Å²) in [4.78, 5) is 2.57. The molecule has 1 aliphatic heterocycles. The fourth-order valence-corrected chi connectivity index (χ4v) is 2.23. The Bertz CT molecular complexity index is 355. The Morgan fingerprint density at radius 3 is 3.00 bits per heavy atom.